The molecule has 0 radical (unpaired) electrons. The number of carboxylic acids is 1. The molecular weight excluding hydrogens is 310 g/mol. The number of carboxylic acid groups (broad SMARTS) is 1. The van der Waals surface area contributed by atoms with E-state index in [-0.39, 0.29) is 28.3 Å². The van der Waals surface area contributed by atoms with Crippen LogP contribution in [0.4, 0.5) is 0 Å². The molecule has 0 heterocycles. The van der Waals surface area contributed by atoms with Gasteiger partial charge in [0.25, 0.3) is 0 Å². The molecular formula is C2H5NO10S2Ti. The Morgan fingerprint density at radius 2 is 1.06 bits per heavy atom. The van der Waals surface area contributed by atoms with E-state index in [0.717, 1.165) is 0 Å². The van der Waals surface area contributed by atoms with Crippen molar-refractivity contribution in [2.24, 2.45) is 5.73 Å². The summed E-state index contributed by atoms with van der Waals surface area (Å²) in [6, 6.07) is 0. The van der Waals surface area contributed by atoms with Crippen LogP contribution >= 0.6 is 0 Å². The Hall–Kier alpha value is -0.116. The molecule has 0 aliphatic rings. The number of aliphatic carboxylic acids is 1. The standard InChI is InChI=1S/C2H5NO2.2H2O4S.Ti/c3-1-2(4)5;2*1-5(2,3)4;/h1,3H2,(H,4,5);2*(H2,1,2,3,4);/q;;;+4/p-4. The van der Waals surface area contributed by atoms with Crippen molar-refractivity contribution in [2.75, 3.05) is 6.54 Å². The van der Waals surface area contributed by atoms with Gasteiger partial charge in [-0.25, -0.2) is 0 Å². The van der Waals surface area contributed by atoms with E-state index in [1.807, 2.05) is 0 Å². The fourth-order valence-corrected chi connectivity index (χ4v) is 0. The smallest absolute Gasteiger partial charge is 0.759 e. The molecule has 0 aromatic carbocycles. The molecule has 0 aromatic heterocycles. The Labute approximate surface area is 106 Å². The van der Waals surface area contributed by atoms with Crippen molar-refractivity contribution in [3.8, 4) is 0 Å². The van der Waals surface area contributed by atoms with Crippen LogP contribution in [0.25, 0.3) is 0 Å². The minimum absolute atomic E-state index is 0. The van der Waals surface area contributed by atoms with Crippen molar-refractivity contribution in [3.05, 3.63) is 0 Å². The molecule has 0 amide bonds. The summed E-state index contributed by atoms with van der Waals surface area (Å²) < 4.78 is 68.2. The number of carbonyl (C=O) groups is 1. The molecule has 0 atom stereocenters. The van der Waals surface area contributed by atoms with E-state index in [4.69, 9.17) is 40.2 Å². The molecule has 0 bridgehead atoms. The van der Waals surface area contributed by atoms with E-state index in [2.05, 4.69) is 5.73 Å². The predicted octanol–water partition coefficient (Wildman–Crippen LogP) is -3.65. The molecule has 16 heavy (non-hydrogen) atoms. The maximum atomic E-state index is 9.24. The van der Waals surface area contributed by atoms with E-state index < -0.39 is 26.8 Å². The number of hydrogen-bond acceptors (Lipinski definition) is 10. The zero-order chi connectivity index (χ0) is 13.3. The van der Waals surface area contributed by atoms with E-state index in [9.17, 15) is 4.79 Å². The molecule has 0 unspecified atom stereocenters. The Bertz CT molecular complexity index is 310. The van der Waals surface area contributed by atoms with Crippen molar-refractivity contribution >= 4 is 26.8 Å². The van der Waals surface area contributed by atoms with Gasteiger partial charge in [0.05, 0.1) is 6.54 Å². The molecule has 11 nitrogen and oxygen atoms in total. The van der Waals surface area contributed by atoms with E-state index in [0.29, 0.717) is 0 Å². The first-order valence-corrected chi connectivity index (χ1v) is 5.19. The predicted molar refractivity (Wildman–Crippen MR) is 37.6 cm³/mol. The van der Waals surface area contributed by atoms with Gasteiger partial charge in [-0.1, -0.05) is 0 Å². The zero-order valence-electron chi connectivity index (χ0n) is 7.22. The van der Waals surface area contributed by atoms with Gasteiger partial charge < -0.3 is 29.1 Å². The van der Waals surface area contributed by atoms with Gasteiger partial charge in [0.1, 0.15) is 0 Å². The largest absolute Gasteiger partial charge is 4.00 e. The van der Waals surface area contributed by atoms with Crippen molar-refractivity contribution < 1.29 is 66.7 Å². The van der Waals surface area contributed by atoms with Crippen LogP contribution in [0.1, 0.15) is 0 Å². The summed E-state index contributed by atoms with van der Waals surface area (Å²) in [5.74, 6) is -0.968. The maximum absolute atomic E-state index is 9.24. The summed E-state index contributed by atoms with van der Waals surface area (Å²) in [5.41, 5.74) is 4.57. The normalized spacial score (nSPS) is 9.56. The van der Waals surface area contributed by atoms with E-state index in [1.54, 1.807) is 0 Å². The summed E-state index contributed by atoms with van der Waals surface area (Å²) in [6.45, 7) is -0.278. The summed E-state index contributed by atoms with van der Waals surface area (Å²) in [4.78, 5) is 9.24. The Balaban J connectivity index is -0.0000000655. The third kappa shape index (κ3) is 649. The van der Waals surface area contributed by atoms with Crippen LogP contribution in [-0.4, -0.2) is 52.7 Å². The van der Waals surface area contributed by atoms with Gasteiger partial charge in [0.15, 0.2) is 0 Å². The van der Waals surface area contributed by atoms with Crippen LogP contribution < -0.4 is 5.73 Å². The van der Waals surface area contributed by atoms with Crippen molar-refractivity contribution in [3.63, 3.8) is 0 Å². The van der Waals surface area contributed by atoms with Crippen LogP contribution in [0, 0.1) is 0 Å². The molecule has 0 aromatic rings. The fraction of sp³-hybridized carbons (Fsp3) is 0.500. The Morgan fingerprint density at radius 1 is 1.00 bits per heavy atom. The molecule has 0 aliphatic carbocycles. The molecule has 3 N–H and O–H groups in total. The number of hydrogen-bond donors (Lipinski definition) is 2. The van der Waals surface area contributed by atoms with Gasteiger partial charge >= 0.3 is 27.7 Å². The first-order chi connectivity index (χ1) is 6.27. The first kappa shape index (κ1) is 24.9. The molecule has 0 spiro atoms. The summed E-state index contributed by atoms with van der Waals surface area (Å²) in [5, 5.41) is 7.60. The first-order valence-electron chi connectivity index (χ1n) is 2.52. The average Bonchev–Trinajstić information content (AvgIpc) is 1.79. The summed E-state index contributed by atoms with van der Waals surface area (Å²) >= 11 is 0. The quantitative estimate of drug-likeness (QED) is 0.272. The van der Waals surface area contributed by atoms with Gasteiger partial charge in [-0.15, -0.1) is 0 Å². The zero-order valence-corrected chi connectivity index (χ0v) is 10.4. The third-order valence-corrected chi connectivity index (χ3v) is 0.175. The number of rotatable bonds is 1. The maximum Gasteiger partial charge on any atom is 4.00 e. The SMILES string of the molecule is NCC(=O)O.O=S(=O)([O-])[O-].O=S(=O)([O-])[O-].[Ti+4]. The van der Waals surface area contributed by atoms with E-state index >= 15 is 0 Å². The monoisotopic (exact) mass is 315 g/mol. The topological polar surface area (TPSA) is 224 Å². The second-order valence-electron chi connectivity index (χ2n) is 1.41. The van der Waals surface area contributed by atoms with Gasteiger partial charge in [0.2, 0.25) is 0 Å². The van der Waals surface area contributed by atoms with Crippen molar-refractivity contribution in [2.45, 2.75) is 0 Å². The summed E-state index contributed by atoms with van der Waals surface area (Å²) in [6.07, 6.45) is 0. The molecule has 0 rings (SSSR count). The van der Waals surface area contributed by atoms with Gasteiger partial charge in [-0.3, -0.25) is 21.6 Å². The minimum atomic E-state index is -5.17. The average molecular weight is 315 g/mol. The molecule has 0 saturated carbocycles. The molecule has 14 heteroatoms. The van der Waals surface area contributed by atoms with Crippen LogP contribution in [0.5, 0.6) is 0 Å². The summed E-state index contributed by atoms with van der Waals surface area (Å²) in [7, 11) is -10.3. The Kier molecular flexibility index (Phi) is 17.7. The van der Waals surface area contributed by atoms with Crippen LogP contribution in [0.3, 0.4) is 0 Å². The van der Waals surface area contributed by atoms with Crippen molar-refractivity contribution in [1.82, 2.24) is 0 Å². The Morgan fingerprint density at radius 3 is 1.06 bits per heavy atom. The van der Waals surface area contributed by atoms with Crippen molar-refractivity contribution in [1.29, 1.82) is 0 Å². The van der Waals surface area contributed by atoms with E-state index in [1.165, 1.54) is 0 Å². The second kappa shape index (κ2) is 11.4. The van der Waals surface area contributed by atoms with Gasteiger partial charge in [0, 0.05) is 20.8 Å². The molecule has 0 aliphatic heterocycles. The van der Waals surface area contributed by atoms with Crippen LogP contribution in [-0.2, 0) is 47.3 Å². The van der Waals surface area contributed by atoms with Gasteiger partial charge in [-0.2, -0.15) is 0 Å². The molecule has 0 saturated heterocycles. The molecule has 94 valence electrons. The van der Waals surface area contributed by atoms with Crippen LogP contribution in [0.2, 0.25) is 0 Å². The second-order valence-corrected chi connectivity index (χ2v) is 3.05. The fourth-order valence-electron chi connectivity index (χ4n) is 0. The van der Waals surface area contributed by atoms with Crippen LogP contribution in [0.15, 0.2) is 0 Å². The number of nitrogens with two attached hydrogens (primary N) is 1. The minimum Gasteiger partial charge on any atom is -0.759 e. The van der Waals surface area contributed by atoms with Gasteiger partial charge in [-0.05, 0) is 0 Å². The molecule has 0 fully saturated rings. The third-order valence-electron chi connectivity index (χ3n) is 0.175.